The lowest BCUT2D eigenvalue weighted by molar-refractivity contribution is 0.0551. The fourth-order valence-corrected chi connectivity index (χ4v) is 4.25. The average molecular weight is 482 g/mol. The Morgan fingerprint density at radius 1 is 0.833 bits per heavy atom. The first kappa shape index (κ1) is 23.4. The molecule has 1 fully saturated rings. The Balaban J connectivity index is 1.15. The number of aromatic nitrogens is 2. The lowest BCUT2D eigenvalue weighted by Crippen LogP contribution is -2.49. The van der Waals surface area contributed by atoms with E-state index in [2.05, 4.69) is 20.4 Å². The van der Waals surface area contributed by atoms with Gasteiger partial charge in [-0.25, -0.2) is 0 Å². The van der Waals surface area contributed by atoms with Crippen LogP contribution in [0.25, 0.3) is 11.4 Å². The van der Waals surface area contributed by atoms with Gasteiger partial charge in [0.05, 0.1) is 6.04 Å². The van der Waals surface area contributed by atoms with Gasteiger partial charge in [-0.3, -0.25) is 14.5 Å². The van der Waals surface area contributed by atoms with Crippen LogP contribution < -0.4 is 5.32 Å². The molecule has 8 heteroatoms. The van der Waals surface area contributed by atoms with E-state index in [0.29, 0.717) is 54.7 Å². The first-order valence-electron chi connectivity index (χ1n) is 12.0. The molecule has 1 N–H and O–H groups in total. The predicted octanol–water partition coefficient (Wildman–Crippen LogP) is 4.51. The fraction of sp³-hybridized carbons (Fsp3) is 0.214. The Labute approximate surface area is 209 Å². The molecule has 1 saturated heterocycles. The van der Waals surface area contributed by atoms with E-state index in [1.165, 1.54) is 0 Å². The maximum atomic E-state index is 13.0. The van der Waals surface area contributed by atoms with Crippen LogP contribution in [-0.4, -0.2) is 57.9 Å². The van der Waals surface area contributed by atoms with E-state index < -0.39 is 0 Å². The second-order valence-electron chi connectivity index (χ2n) is 8.72. The van der Waals surface area contributed by atoms with Gasteiger partial charge in [-0.2, -0.15) is 4.98 Å². The summed E-state index contributed by atoms with van der Waals surface area (Å²) in [7, 11) is 0. The molecule has 1 aliphatic rings. The number of anilines is 1. The summed E-state index contributed by atoms with van der Waals surface area (Å²) in [6.45, 7) is 4.68. The van der Waals surface area contributed by atoms with Crippen LogP contribution in [0.3, 0.4) is 0 Å². The lowest BCUT2D eigenvalue weighted by atomic mass is 10.1. The summed E-state index contributed by atoms with van der Waals surface area (Å²) < 4.78 is 5.53. The number of nitrogens with one attached hydrogen (secondary N) is 1. The number of nitrogens with zero attached hydrogens (tertiary/aromatic N) is 4. The summed E-state index contributed by atoms with van der Waals surface area (Å²) in [5, 5.41) is 6.98. The van der Waals surface area contributed by atoms with Crippen molar-refractivity contribution in [3.63, 3.8) is 0 Å². The number of hydrogen-bond donors (Lipinski definition) is 1. The molecule has 4 aromatic rings. The van der Waals surface area contributed by atoms with E-state index in [9.17, 15) is 9.59 Å². The highest BCUT2D eigenvalue weighted by Gasteiger charge is 2.28. The molecule has 2 heterocycles. The van der Waals surface area contributed by atoms with Crippen LogP contribution in [-0.2, 0) is 0 Å². The third-order valence-corrected chi connectivity index (χ3v) is 6.41. The molecule has 8 nitrogen and oxygen atoms in total. The molecule has 2 amide bonds. The number of carbonyl (C=O) groups excluding carboxylic acids is 2. The lowest BCUT2D eigenvalue weighted by Gasteiger charge is -2.36. The molecule has 1 aliphatic heterocycles. The maximum Gasteiger partial charge on any atom is 0.255 e. The summed E-state index contributed by atoms with van der Waals surface area (Å²) in [4.78, 5) is 34.0. The summed E-state index contributed by atoms with van der Waals surface area (Å²) in [5.74, 6) is 0.945. The van der Waals surface area contributed by atoms with Crippen molar-refractivity contribution in [3.05, 3.63) is 102 Å². The largest absolute Gasteiger partial charge is 0.337 e. The molecule has 182 valence electrons. The Morgan fingerprint density at radius 2 is 1.47 bits per heavy atom. The molecule has 1 unspecified atom stereocenters. The van der Waals surface area contributed by atoms with E-state index in [1.54, 1.807) is 36.4 Å². The van der Waals surface area contributed by atoms with Gasteiger partial charge in [0.2, 0.25) is 11.7 Å². The van der Waals surface area contributed by atoms with Crippen LogP contribution in [0, 0.1) is 0 Å². The summed E-state index contributed by atoms with van der Waals surface area (Å²) in [6.07, 6.45) is 0. The Bertz CT molecular complexity index is 1310. The number of piperazine rings is 1. The molecular weight excluding hydrogens is 454 g/mol. The minimum atomic E-state index is -0.183. The molecular formula is C28H27N5O3. The normalized spacial score (nSPS) is 14.9. The fourth-order valence-electron chi connectivity index (χ4n) is 4.25. The highest BCUT2D eigenvalue weighted by molar-refractivity contribution is 6.04. The first-order valence-corrected chi connectivity index (χ1v) is 12.0. The van der Waals surface area contributed by atoms with Gasteiger partial charge in [0.1, 0.15) is 0 Å². The van der Waals surface area contributed by atoms with Crippen molar-refractivity contribution in [3.8, 4) is 11.4 Å². The minimum Gasteiger partial charge on any atom is -0.337 e. The monoisotopic (exact) mass is 481 g/mol. The van der Waals surface area contributed by atoms with Crippen molar-refractivity contribution in [2.45, 2.75) is 13.0 Å². The molecule has 1 atom stereocenters. The second kappa shape index (κ2) is 10.5. The number of hydrogen-bond acceptors (Lipinski definition) is 6. The van der Waals surface area contributed by atoms with Crippen molar-refractivity contribution >= 4 is 17.5 Å². The number of benzene rings is 3. The van der Waals surface area contributed by atoms with E-state index in [1.807, 2.05) is 60.4 Å². The number of carbonyl (C=O) groups is 2. The molecule has 0 spiro atoms. The van der Waals surface area contributed by atoms with Crippen LogP contribution >= 0.6 is 0 Å². The summed E-state index contributed by atoms with van der Waals surface area (Å²) >= 11 is 0. The first-order chi connectivity index (χ1) is 17.6. The van der Waals surface area contributed by atoms with Gasteiger partial charge in [-0.05, 0) is 43.3 Å². The van der Waals surface area contributed by atoms with E-state index in [0.717, 1.165) is 5.56 Å². The summed E-state index contributed by atoms with van der Waals surface area (Å²) in [5.41, 5.74) is 2.74. The molecule has 0 saturated carbocycles. The van der Waals surface area contributed by atoms with Crippen LogP contribution in [0.2, 0.25) is 0 Å². The van der Waals surface area contributed by atoms with Crippen LogP contribution in [0.15, 0.2) is 89.5 Å². The third kappa shape index (κ3) is 5.18. The quantitative estimate of drug-likeness (QED) is 0.436. The minimum absolute atomic E-state index is 0.0209. The Hall–Kier alpha value is -4.30. The highest BCUT2D eigenvalue weighted by atomic mass is 16.5. The number of rotatable bonds is 6. The third-order valence-electron chi connectivity index (χ3n) is 6.41. The second-order valence-corrected chi connectivity index (χ2v) is 8.72. The molecule has 1 aromatic heterocycles. The summed E-state index contributed by atoms with van der Waals surface area (Å²) in [6, 6.07) is 25.7. The van der Waals surface area contributed by atoms with Gasteiger partial charge < -0.3 is 14.7 Å². The van der Waals surface area contributed by atoms with Crippen LogP contribution in [0.5, 0.6) is 0 Å². The van der Waals surface area contributed by atoms with E-state index in [-0.39, 0.29) is 17.9 Å². The highest BCUT2D eigenvalue weighted by Crippen LogP contribution is 2.24. The maximum absolute atomic E-state index is 13.0. The van der Waals surface area contributed by atoms with Gasteiger partial charge in [-0.1, -0.05) is 53.7 Å². The zero-order chi connectivity index (χ0) is 24.9. The average Bonchev–Trinajstić information content (AvgIpc) is 3.44. The smallest absolute Gasteiger partial charge is 0.255 e. The van der Waals surface area contributed by atoms with E-state index in [4.69, 9.17) is 4.52 Å². The van der Waals surface area contributed by atoms with Crippen molar-refractivity contribution < 1.29 is 14.1 Å². The van der Waals surface area contributed by atoms with Gasteiger partial charge >= 0.3 is 0 Å². The van der Waals surface area contributed by atoms with Crippen molar-refractivity contribution in [1.29, 1.82) is 0 Å². The Kier molecular flexibility index (Phi) is 6.86. The molecule has 5 rings (SSSR count). The van der Waals surface area contributed by atoms with Crippen molar-refractivity contribution in [1.82, 2.24) is 19.9 Å². The van der Waals surface area contributed by atoms with Crippen LogP contribution in [0.1, 0.15) is 39.6 Å². The van der Waals surface area contributed by atoms with Gasteiger partial charge in [0.15, 0.2) is 0 Å². The molecule has 36 heavy (non-hydrogen) atoms. The molecule has 0 radical (unpaired) electrons. The topological polar surface area (TPSA) is 91.6 Å². The predicted molar refractivity (Wildman–Crippen MR) is 136 cm³/mol. The molecule has 0 bridgehead atoms. The van der Waals surface area contributed by atoms with Gasteiger partial charge in [0, 0.05) is 48.6 Å². The SMILES string of the molecule is CC(c1nc(-c2ccccc2)no1)N1CCN(C(=O)c2ccc(NC(=O)c3ccccc3)cc2)CC1. The standard InChI is InChI=1S/C28H27N5O3/c1-20(27-30-25(31-36-27)21-8-4-2-5-9-21)32-16-18-33(19-17-32)28(35)23-12-14-24(15-13-23)29-26(34)22-10-6-3-7-11-22/h2-15,20H,16-19H2,1H3,(H,29,34). The zero-order valence-electron chi connectivity index (χ0n) is 20.0. The Morgan fingerprint density at radius 3 is 2.14 bits per heavy atom. The van der Waals surface area contributed by atoms with E-state index >= 15 is 0 Å². The van der Waals surface area contributed by atoms with Crippen molar-refractivity contribution in [2.24, 2.45) is 0 Å². The number of amides is 2. The zero-order valence-corrected chi connectivity index (χ0v) is 20.0. The van der Waals surface area contributed by atoms with Gasteiger partial charge in [-0.15, -0.1) is 0 Å². The van der Waals surface area contributed by atoms with Crippen molar-refractivity contribution in [2.75, 3.05) is 31.5 Å². The van der Waals surface area contributed by atoms with Crippen LogP contribution in [0.4, 0.5) is 5.69 Å². The molecule has 3 aromatic carbocycles. The van der Waals surface area contributed by atoms with Gasteiger partial charge in [0.25, 0.3) is 11.8 Å². The molecule has 0 aliphatic carbocycles.